The number of carbonyl (C=O) groups excluding carboxylic acids is 2. The highest BCUT2D eigenvalue weighted by Crippen LogP contribution is 2.13. The van der Waals surface area contributed by atoms with Crippen LogP contribution in [0.4, 0.5) is 20.2 Å². The van der Waals surface area contributed by atoms with Gasteiger partial charge in [-0.3, -0.25) is 9.59 Å². The Bertz CT molecular complexity index is 610. The van der Waals surface area contributed by atoms with Gasteiger partial charge in [0.05, 0.1) is 0 Å². The van der Waals surface area contributed by atoms with Crippen LogP contribution < -0.4 is 10.6 Å². The zero-order valence-electron chi connectivity index (χ0n) is 11.8. The molecule has 0 radical (unpaired) electrons. The van der Waals surface area contributed by atoms with E-state index in [1.807, 2.05) is 0 Å². The van der Waals surface area contributed by atoms with Gasteiger partial charge in [0.2, 0.25) is 11.8 Å². The van der Waals surface area contributed by atoms with Crippen molar-refractivity contribution in [2.75, 3.05) is 10.6 Å². The summed E-state index contributed by atoms with van der Waals surface area (Å²) in [5.41, 5.74) is 0.792. The minimum atomic E-state index is -0.963. The Morgan fingerprint density at radius 2 is 1.09 bits per heavy atom. The van der Waals surface area contributed by atoms with Gasteiger partial charge in [-0.05, 0) is 55.5 Å². The third kappa shape index (κ3) is 4.12. The molecule has 2 aromatic rings. The zero-order valence-corrected chi connectivity index (χ0v) is 11.8. The van der Waals surface area contributed by atoms with Gasteiger partial charge in [0.25, 0.3) is 0 Å². The third-order valence-electron chi connectivity index (χ3n) is 3.01. The van der Waals surface area contributed by atoms with Crippen molar-refractivity contribution < 1.29 is 18.4 Å². The van der Waals surface area contributed by atoms with Crippen LogP contribution in [0.15, 0.2) is 48.5 Å². The fraction of sp³-hybridized carbons (Fsp3) is 0.125. The van der Waals surface area contributed by atoms with Gasteiger partial charge in [-0.1, -0.05) is 0 Å². The fourth-order valence-corrected chi connectivity index (χ4v) is 1.69. The number of halogens is 2. The summed E-state index contributed by atoms with van der Waals surface area (Å²) in [6.07, 6.45) is 0. The van der Waals surface area contributed by atoms with Crippen molar-refractivity contribution in [3.8, 4) is 0 Å². The number of hydrogen-bond acceptors (Lipinski definition) is 2. The number of rotatable bonds is 4. The minimum Gasteiger partial charge on any atom is -0.325 e. The first-order valence-corrected chi connectivity index (χ1v) is 6.58. The standard InChI is InChI=1S/C16H14F2N2O2/c1-10(15(21)19-13-6-2-11(17)3-7-13)16(22)20-14-8-4-12(18)5-9-14/h2-10H,1H3,(H,19,21)(H,20,22). The lowest BCUT2D eigenvalue weighted by molar-refractivity contribution is -0.128. The summed E-state index contributed by atoms with van der Waals surface area (Å²) in [4.78, 5) is 23.9. The Morgan fingerprint density at radius 3 is 1.41 bits per heavy atom. The maximum absolute atomic E-state index is 12.8. The highest BCUT2D eigenvalue weighted by molar-refractivity contribution is 6.10. The lowest BCUT2D eigenvalue weighted by Crippen LogP contribution is -2.31. The van der Waals surface area contributed by atoms with Crippen LogP contribution in [0, 0.1) is 17.6 Å². The Balaban J connectivity index is 1.95. The van der Waals surface area contributed by atoms with Crippen LogP contribution in [-0.2, 0) is 9.59 Å². The first-order chi connectivity index (χ1) is 10.5. The SMILES string of the molecule is CC(C(=O)Nc1ccc(F)cc1)C(=O)Nc1ccc(F)cc1. The number of hydrogen-bond donors (Lipinski definition) is 2. The Kier molecular flexibility index (Phi) is 4.83. The van der Waals surface area contributed by atoms with E-state index in [0.717, 1.165) is 0 Å². The average Bonchev–Trinajstić information content (AvgIpc) is 2.51. The Labute approximate surface area is 126 Å². The van der Waals surface area contributed by atoms with Crippen LogP contribution in [0.25, 0.3) is 0 Å². The topological polar surface area (TPSA) is 58.2 Å². The number of nitrogens with one attached hydrogen (secondary N) is 2. The number of amides is 2. The molecule has 2 amide bonds. The van der Waals surface area contributed by atoms with Gasteiger partial charge in [-0.2, -0.15) is 0 Å². The molecule has 0 aliphatic rings. The molecule has 4 nitrogen and oxygen atoms in total. The number of anilines is 2. The van der Waals surface area contributed by atoms with E-state index in [2.05, 4.69) is 10.6 Å². The summed E-state index contributed by atoms with van der Waals surface area (Å²) in [6.45, 7) is 1.44. The first kappa shape index (κ1) is 15.6. The molecule has 0 aliphatic carbocycles. The summed E-state index contributed by atoms with van der Waals surface area (Å²) in [5.74, 6) is -2.84. The highest BCUT2D eigenvalue weighted by atomic mass is 19.1. The molecule has 0 fully saturated rings. The van der Waals surface area contributed by atoms with Crippen molar-refractivity contribution in [1.82, 2.24) is 0 Å². The lowest BCUT2D eigenvalue weighted by Gasteiger charge is -2.12. The van der Waals surface area contributed by atoms with Crippen LogP contribution in [-0.4, -0.2) is 11.8 Å². The maximum Gasteiger partial charge on any atom is 0.236 e. The molecule has 0 atom stereocenters. The van der Waals surface area contributed by atoms with Crippen molar-refractivity contribution in [1.29, 1.82) is 0 Å². The molecular weight excluding hydrogens is 290 g/mol. The van der Waals surface area contributed by atoms with E-state index in [9.17, 15) is 18.4 Å². The first-order valence-electron chi connectivity index (χ1n) is 6.58. The molecule has 0 unspecified atom stereocenters. The summed E-state index contributed by atoms with van der Waals surface area (Å²) >= 11 is 0. The van der Waals surface area contributed by atoms with Crippen molar-refractivity contribution in [3.63, 3.8) is 0 Å². The summed E-state index contributed by atoms with van der Waals surface area (Å²) in [6, 6.07) is 10.4. The Hall–Kier alpha value is -2.76. The van der Waals surface area contributed by atoms with Crippen molar-refractivity contribution >= 4 is 23.2 Å². The van der Waals surface area contributed by atoms with Crippen molar-refractivity contribution in [2.24, 2.45) is 5.92 Å². The van der Waals surface area contributed by atoms with Gasteiger partial charge >= 0.3 is 0 Å². The summed E-state index contributed by atoms with van der Waals surface area (Å²) in [5, 5.41) is 5.04. The lowest BCUT2D eigenvalue weighted by atomic mass is 10.1. The largest absolute Gasteiger partial charge is 0.325 e. The second kappa shape index (κ2) is 6.80. The molecule has 0 aliphatic heterocycles. The smallest absolute Gasteiger partial charge is 0.236 e. The molecule has 0 bridgehead atoms. The number of carbonyl (C=O) groups is 2. The zero-order chi connectivity index (χ0) is 16.1. The normalized spacial score (nSPS) is 10.4. The highest BCUT2D eigenvalue weighted by Gasteiger charge is 2.21. The van der Waals surface area contributed by atoms with E-state index >= 15 is 0 Å². The molecule has 2 aromatic carbocycles. The van der Waals surface area contributed by atoms with Gasteiger partial charge in [-0.25, -0.2) is 8.78 Å². The predicted octanol–water partition coefficient (Wildman–Crippen LogP) is 3.18. The Morgan fingerprint density at radius 1 is 0.773 bits per heavy atom. The van der Waals surface area contributed by atoms with E-state index < -0.39 is 29.4 Å². The summed E-state index contributed by atoms with van der Waals surface area (Å²) < 4.78 is 25.6. The fourth-order valence-electron chi connectivity index (χ4n) is 1.69. The summed E-state index contributed by atoms with van der Waals surface area (Å²) in [7, 11) is 0. The van der Waals surface area contributed by atoms with Crippen LogP contribution in [0.1, 0.15) is 6.92 Å². The van der Waals surface area contributed by atoms with Gasteiger partial charge in [0.1, 0.15) is 17.6 Å². The van der Waals surface area contributed by atoms with Gasteiger partial charge < -0.3 is 10.6 Å². The van der Waals surface area contributed by atoms with Crippen LogP contribution in [0.3, 0.4) is 0 Å². The van der Waals surface area contributed by atoms with E-state index in [1.165, 1.54) is 55.5 Å². The van der Waals surface area contributed by atoms with E-state index in [-0.39, 0.29) is 0 Å². The van der Waals surface area contributed by atoms with Crippen molar-refractivity contribution in [2.45, 2.75) is 6.92 Å². The molecule has 0 spiro atoms. The minimum absolute atomic E-state index is 0.396. The van der Waals surface area contributed by atoms with Gasteiger partial charge in [0, 0.05) is 11.4 Å². The van der Waals surface area contributed by atoms with E-state index in [4.69, 9.17) is 0 Å². The molecule has 0 saturated heterocycles. The van der Waals surface area contributed by atoms with Crippen LogP contribution in [0.5, 0.6) is 0 Å². The van der Waals surface area contributed by atoms with Gasteiger partial charge in [0.15, 0.2) is 0 Å². The molecule has 0 aromatic heterocycles. The van der Waals surface area contributed by atoms with Gasteiger partial charge in [-0.15, -0.1) is 0 Å². The van der Waals surface area contributed by atoms with E-state index in [1.54, 1.807) is 0 Å². The molecule has 6 heteroatoms. The second-order valence-electron chi connectivity index (χ2n) is 4.71. The second-order valence-corrected chi connectivity index (χ2v) is 4.71. The average molecular weight is 304 g/mol. The third-order valence-corrected chi connectivity index (χ3v) is 3.01. The van der Waals surface area contributed by atoms with Crippen molar-refractivity contribution in [3.05, 3.63) is 60.2 Å². The maximum atomic E-state index is 12.8. The molecule has 2 N–H and O–H groups in total. The molecule has 0 saturated carbocycles. The molecule has 114 valence electrons. The quantitative estimate of drug-likeness (QED) is 0.852. The van der Waals surface area contributed by atoms with Crippen LogP contribution >= 0.6 is 0 Å². The predicted molar refractivity (Wildman–Crippen MR) is 79.2 cm³/mol. The molecule has 2 rings (SSSR count). The molecule has 0 heterocycles. The van der Waals surface area contributed by atoms with E-state index in [0.29, 0.717) is 11.4 Å². The monoisotopic (exact) mass is 304 g/mol. The molecular formula is C16H14F2N2O2. The molecule has 22 heavy (non-hydrogen) atoms. The number of benzene rings is 2. The van der Waals surface area contributed by atoms with Crippen LogP contribution in [0.2, 0.25) is 0 Å².